The Morgan fingerprint density at radius 1 is 0.926 bits per heavy atom. The Balaban J connectivity index is 1.89. The highest BCUT2D eigenvalue weighted by atomic mass is 16.5. The van der Waals surface area contributed by atoms with E-state index in [1.807, 2.05) is 30.3 Å². The van der Waals surface area contributed by atoms with Gasteiger partial charge in [0.25, 0.3) is 5.91 Å². The Labute approximate surface area is 160 Å². The number of ether oxygens (including phenoxy) is 2. The van der Waals surface area contributed by atoms with E-state index in [1.165, 1.54) is 14.0 Å². The van der Waals surface area contributed by atoms with Gasteiger partial charge in [0.15, 0.2) is 0 Å². The van der Waals surface area contributed by atoms with Gasteiger partial charge in [0.1, 0.15) is 11.5 Å². The first kappa shape index (κ1) is 20.3. The van der Waals surface area contributed by atoms with Crippen LogP contribution >= 0.6 is 0 Å². The largest absolute Gasteiger partial charge is 0.496 e. The van der Waals surface area contributed by atoms with Gasteiger partial charge >= 0.3 is 0 Å². The van der Waals surface area contributed by atoms with Crippen molar-refractivity contribution in [3.63, 3.8) is 0 Å². The average Bonchev–Trinajstić information content (AvgIpc) is 2.70. The second kappa shape index (κ2) is 10.2. The zero-order valence-electron chi connectivity index (χ0n) is 16.0. The molecule has 0 aromatic heterocycles. The topological polar surface area (TPSA) is 67.9 Å². The minimum Gasteiger partial charge on any atom is -0.496 e. The van der Waals surface area contributed by atoms with Crippen LogP contribution in [0.4, 0.5) is 0 Å². The van der Waals surface area contributed by atoms with Gasteiger partial charge in [0, 0.05) is 26.6 Å². The van der Waals surface area contributed by atoms with Gasteiger partial charge in [-0.15, -0.1) is 0 Å². The molecule has 2 aromatic rings. The third-order valence-corrected chi connectivity index (χ3v) is 4.31. The van der Waals surface area contributed by atoms with Crippen LogP contribution in [0.3, 0.4) is 0 Å². The molecule has 0 atom stereocenters. The number of carbonyl (C=O) groups is 2. The number of nitrogens with one attached hydrogen (secondary N) is 1. The van der Waals surface area contributed by atoms with E-state index in [2.05, 4.69) is 5.32 Å². The molecule has 0 saturated carbocycles. The van der Waals surface area contributed by atoms with Gasteiger partial charge in [-0.2, -0.15) is 0 Å². The maximum atomic E-state index is 12.3. The molecule has 27 heavy (non-hydrogen) atoms. The number of amides is 2. The van der Waals surface area contributed by atoms with E-state index in [9.17, 15) is 9.59 Å². The minimum absolute atomic E-state index is 0.0311. The number of hydrogen-bond donors (Lipinski definition) is 1. The number of methoxy groups -OCH3 is 2. The van der Waals surface area contributed by atoms with E-state index in [0.717, 1.165) is 11.3 Å². The second-order valence-electron chi connectivity index (χ2n) is 6.02. The highest BCUT2D eigenvalue weighted by molar-refractivity contribution is 5.96. The standard InChI is InChI=1S/C21H26N2O4/c1-16(24)23(14-12-17-8-4-6-10-19(17)26-2)15-13-22-21(25)18-9-5-7-11-20(18)27-3/h4-11H,12-15H2,1-3H3,(H,22,25). The van der Waals surface area contributed by atoms with Crippen LogP contribution in [0.15, 0.2) is 48.5 Å². The fourth-order valence-corrected chi connectivity index (χ4v) is 2.82. The van der Waals surface area contributed by atoms with Gasteiger partial charge in [0.05, 0.1) is 19.8 Å². The van der Waals surface area contributed by atoms with Crippen LogP contribution < -0.4 is 14.8 Å². The van der Waals surface area contributed by atoms with Crippen molar-refractivity contribution in [1.82, 2.24) is 10.2 Å². The first-order chi connectivity index (χ1) is 13.1. The summed E-state index contributed by atoms with van der Waals surface area (Å²) in [5.74, 6) is 1.08. The van der Waals surface area contributed by atoms with Crippen LogP contribution in [0.5, 0.6) is 11.5 Å². The summed E-state index contributed by atoms with van der Waals surface area (Å²) in [5.41, 5.74) is 1.52. The zero-order chi connectivity index (χ0) is 19.6. The molecule has 0 aliphatic heterocycles. The summed E-state index contributed by atoms with van der Waals surface area (Å²) >= 11 is 0. The molecule has 6 nitrogen and oxygen atoms in total. The quantitative estimate of drug-likeness (QED) is 0.737. The summed E-state index contributed by atoms with van der Waals surface area (Å²) in [4.78, 5) is 26.0. The molecule has 0 aliphatic carbocycles. The Kier molecular flexibility index (Phi) is 7.67. The van der Waals surface area contributed by atoms with Gasteiger partial charge in [0.2, 0.25) is 5.91 Å². The summed E-state index contributed by atoms with van der Waals surface area (Å²) in [7, 11) is 3.16. The molecule has 2 aromatic carbocycles. The fourth-order valence-electron chi connectivity index (χ4n) is 2.82. The van der Waals surface area contributed by atoms with Crippen LogP contribution in [-0.2, 0) is 11.2 Å². The van der Waals surface area contributed by atoms with E-state index < -0.39 is 0 Å². The Hall–Kier alpha value is -3.02. The van der Waals surface area contributed by atoms with Crippen molar-refractivity contribution < 1.29 is 19.1 Å². The first-order valence-electron chi connectivity index (χ1n) is 8.85. The number of carbonyl (C=O) groups excluding carboxylic acids is 2. The van der Waals surface area contributed by atoms with Gasteiger partial charge in [-0.25, -0.2) is 0 Å². The smallest absolute Gasteiger partial charge is 0.255 e. The third kappa shape index (κ3) is 5.74. The average molecular weight is 370 g/mol. The van der Waals surface area contributed by atoms with Crippen molar-refractivity contribution in [2.24, 2.45) is 0 Å². The van der Waals surface area contributed by atoms with E-state index in [1.54, 1.807) is 30.2 Å². The molecular weight excluding hydrogens is 344 g/mol. The van der Waals surface area contributed by atoms with Crippen LogP contribution in [0.2, 0.25) is 0 Å². The van der Waals surface area contributed by atoms with Crippen molar-refractivity contribution in [1.29, 1.82) is 0 Å². The van der Waals surface area contributed by atoms with Crippen molar-refractivity contribution in [3.05, 3.63) is 59.7 Å². The lowest BCUT2D eigenvalue weighted by Gasteiger charge is -2.22. The highest BCUT2D eigenvalue weighted by Gasteiger charge is 2.13. The molecule has 0 saturated heterocycles. The molecular formula is C21H26N2O4. The molecule has 0 radical (unpaired) electrons. The Morgan fingerprint density at radius 2 is 1.56 bits per heavy atom. The molecule has 0 spiro atoms. The van der Waals surface area contributed by atoms with Gasteiger partial charge in [-0.05, 0) is 30.2 Å². The summed E-state index contributed by atoms with van der Waals surface area (Å²) in [5, 5.41) is 2.84. The first-order valence-corrected chi connectivity index (χ1v) is 8.85. The van der Waals surface area contributed by atoms with E-state index in [-0.39, 0.29) is 11.8 Å². The van der Waals surface area contributed by atoms with Crippen LogP contribution in [0.25, 0.3) is 0 Å². The predicted molar refractivity (Wildman–Crippen MR) is 104 cm³/mol. The second-order valence-corrected chi connectivity index (χ2v) is 6.02. The van der Waals surface area contributed by atoms with Crippen LogP contribution in [0, 0.1) is 0 Å². The lowest BCUT2D eigenvalue weighted by molar-refractivity contribution is -0.128. The van der Waals surface area contributed by atoms with Crippen molar-refractivity contribution in [3.8, 4) is 11.5 Å². The molecule has 0 aliphatic rings. The predicted octanol–water partition coefficient (Wildman–Crippen LogP) is 2.52. The molecule has 0 bridgehead atoms. The maximum absolute atomic E-state index is 12.3. The van der Waals surface area contributed by atoms with Crippen LogP contribution in [-0.4, -0.2) is 50.6 Å². The van der Waals surface area contributed by atoms with E-state index >= 15 is 0 Å². The zero-order valence-corrected chi connectivity index (χ0v) is 16.0. The summed E-state index contributed by atoms with van der Waals surface area (Å²) < 4.78 is 10.6. The monoisotopic (exact) mass is 370 g/mol. The Bertz CT molecular complexity index is 776. The SMILES string of the molecule is COc1ccccc1CCN(CCNC(=O)c1ccccc1OC)C(C)=O. The molecule has 0 fully saturated rings. The van der Waals surface area contributed by atoms with E-state index in [0.29, 0.717) is 37.4 Å². The number of rotatable bonds is 9. The van der Waals surface area contributed by atoms with E-state index in [4.69, 9.17) is 9.47 Å². The van der Waals surface area contributed by atoms with Gasteiger partial charge in [-0.1, -0.05) is 30.3 Å². The summed E-state index contributed by atoms with van der Waals surface area (Å²) in [6.45, 7) is 2.89. The number of hydrogen-bond acceptors (Lipinski definition) is 4. The lowest BCUT2D eigenvalue weighted by atomic mass is 10.1. The molecule has 6 heteroatoms. The molecule has 1 N–H and O–H groups in total. The summed E-state index contributed by atoms with van der Waals surface area (Å²) in [6.07, 6.45) is 0.685. The molecule has 144 valence electrons. The molecule has 0 unspecified atom stereocenters. The third-order valence-electron chi connectivity index (χ3n) is 4.31. The maximum Gasteiger partial charge on any atom is 0.255 e. The van der Waals surface area contributed by atoms with Crippen molar-refractivity contribution in [2.75, 3.05) is 33.9 Å². The number of benzene rings is 2. The normalized spacial score (nSPS) is 10.2. The molecule has 2 rings (SSSR count). The van der Waals surface area contributed by atoms with Crippen molar-refractivity contribution in [2.45, 2.75) is 13.3 Å². The number of nitrogens with zero attached hydrogens (tertiary/aromatic N) is 1. The fraction of sp³-hybridized carbons (Fsp3) is 0.333. The van der Waals surface area contributed by atoms with Gasteiger partial charge < -0.3 is 19.7 Å². The van der Waals surface area contributed by atoms with Crippen LogP contribution in [0.1, 0.15) is 22.8 Å². The Morgan fingerprint density at radius 3 is 2.22 bits per heavy atom. The lowest BCUT2D eigenvalue weighted by Crippen LogP contribution is -2.38. The number of para-hydroxylation sites is 2. The van der Waals surface area contributed by atoms with Crippen molar-refractivity contribution >= 4 is 11.8 Å². The molecule has 2 amide bonds. The summed E-state index contributed by atoms with van der Waals surface area (Å²) in [6, 6.07) is 14.8. The minimum atomic E-state index is -0.222. The van der Waals surface area contributed by atoms with Gasteiger partial charge in [-0.3, -0.25) is 9.59 Å². The highest BCUT2D eigenvalue weighted by Crippen LogP contribution is 2.18. The molecule has 0 heterocycles.